The number of rotatable bonds is 16. The number of imide groups is 2. The molecule has 0 spiro atoms. The van der Waals surface area contributed by atoms with E-state index in [2.05, 4.69) is 26.3 Å². The number of carbonyl (C=O) groups is 6. The molecule has 1 atom stereocenters. The van der Waals surface area contributed by atoms with E-state index in [-0.39, 0.29) is 88.9 Å². The van der Waals surface area contributed by atoms with E-state index in [0.717, 1.165) is 4.90 Å². The molecule has 1 aromatic heterocycles. The third-order valence-electron chi connectivity index (χ3n) is 10.5. The third kappa shape index (κ3) is 8.97. The van der Waals surface area contributed by atoms with Crippen molar-refractivity contribution in [2.24, 2.45) is 0 Å². The van der Waals surface area contributed by atoms with Gasteiger partial charge in [0, 0.05) is 63.4 Å². The first-order valence-electron chi connectivity index (χ1n) is 19.2. The van der Waals surface area contributed by atoms with Gasteiger partial charge in [-0.05, 0) is 74.4 Å². The van der Waals surface area contributed by atoms with Crippen LogP contribution in [0.5, 0.6) is 0 Å². The minimum absolute atomic E-state index is 0.0121. The van der Waals surface area contributed by atoms with Gasteiger partial charge < -0.3 is 30.4 Å². The molecule has 3 aromatic carbocycles. The van der Waals surface area contributed by atoms with Crippen molar-refractivity contribution in [2.75, 3.05) is 50.2 Å². The molecule has 4 aromatic rings. The Morgan fingerprint density at radius 1 is 0.885 bits per heavy atom. The summed E-state index contributed by atoms with van der Waals surface area (Å²) in [6, 6.07) is 12.9. The van der Waals surface area contributed by atoms with Crippen LogP contribution in [0.3, 0.4) is 0 Å². The Kier molecular flexibility index (Phi) is 12.8. The number of aromatic nitrogens is 1. The van der Waals surface area contributed by atoms with E-state index in [0.29, 0.717) is 46.0 Å². The van der Waals surface area contributed by atoms with Crippen molar-refractivity contribution in [3.05, 3.63) is 109 Å². The molecule has 7 rings (SSSR count). The summed E-state index contributed by atoms with van der Waals surface area (Å²) in [6.07, 6.45) is 1.69. The van der Waals surface area contributed by atoms with Crippen molar-refractivity contribution < 1.29 is 46.7 Å². The summed E-state index contributed by atoms with van der Waals surface area (Å²) >= 11 is 12.5. The van der Waals surface area contributed by atoms with Gasteiger partial charge in [0.1, 0.15) is 6.04 Å². The van der Waals surface area contributed by atoms with Crippen molar-refractivity contribution in [3.63, 3.8) is 0 Å². The van der Waals surface area contributed by atoms with Crippen LogP contribution in [0.2, 0.25) is 10.0 Å². The van der Waals surface area contributed by atoms with Crippen LogP contribution in [0.15, 0.2) is 59.5 Å². The largest absolute Gasteiger partial charge is 0.382 e. The maximum Gasteiger partial charge on any atom is 0.264 e. The number of halogens is 2. The number of H-pyrrole nitrogens is 1. The standard InChI is InChI=1S/C42H40Cl2N6O10S/c1-22-33(20-27-26-19-24(9-10-31(26)48-38(27)52)61(57,58)21-28-29(43)6-4-7-30(28)44)47-23(2)36(22)40(54)46-14-16-60-18-17-59-15-13-45-32-8-3-5-25-37(32)42(56)50(41(25)55)34-11-12-35(51)49-39(34)53/h3-10,19-20,34,45,47H,11-18,21H2,1-2H3,(H,46,54)(H,48,52)(H,49,51,53)/b27-20-. The Balaban J connectivity index is 0.867. The quantitative estimate of drug-likeness (QED) is 0.0591. The second kappa shape index (κ2) is 18.0. The molecule has 0 bridgehead atoms. The summed E-state index contributed by atoms with van der Waals surface area (Å²) in [7, 11) is -3.91. The van der Waals surface area contributed by atoms with Crippen molar-refractivity contribution in [1.82, 2.24) is 20.5 Å². The summed E-state index contributed by atoms with van der Waals surface area (Å²) in [5.41, 5.74) is 4.15. The molecule has 318 valence electrons. The number of amides is 6. The van der Waals surface area contributed by atoms with Gasteiger partial charge in [-0.1, -0.05) is 35.3 Å². The van der Waals surface area contributed by atoms with E-state index in [4.69, 9.17) is 32.7 Å². The second-order valence-corrected chi connectivity index (χ2v) is 17.2. The smallest absolute Gasteiger partial charge is 0.264 e. The van der Waals surface area contributed by atoms with Gasteiger partial charge in [0.2, 0.25) is 11.8 Å². The number of anilines is 2. The van der Waals surface area contributed by atoms with Gasteiger partial charge in [-0.2, -0.15) is 0 Å². The molecular weight excluding hydrogens is 851 g/mol. The SMILES string of the molecule is Cc1[nH]c(/C=C2\C(=O)Nc3ccc(S(=O)(=O)Cc4c(Cl)cccc4Cl)cc32)c(C)c1C(=O)NCCOCCOCCNc1cccc2c1C(=O)N(C1CCC(=O)NC1=O)C2=O. The molecule has 3 aliphatic rings. The molecule has 0 saturated carbocycles. The summed E-state index contributed by atoms with van der Waals surface area (Å²) in [5, 5.41) is 11.3. The number of fused-ring (bicyclic) bond motifs is 2. The Hall–Kier alpha value is -5.85. The van der Waals surface area contributed by atoms with Crippen LogP contribution in [-0.2, 0) is 39.4 Å². The molecule has 6 amide bonds. The highest BCUT2D eigenvalue weighted by molar-refractivity contribution is 7.90. The Morgan fingerprint density at radius 3 is 2.31 bits per heavy atom. The number of nitrogens with zero attached hydrogens (tertiary/aromatic N) is 1. The zero-order valence-corrected chi connectivity index (χ0v) is 35.2. The van der Waals surface area contributed by atoms with Crippen molar-refractivity contribution in [3.8, 4) is 0 Å². The van der Waals surface area contributed by atoms with Gasteiger partial charge in [0.15, 0.2) is 9.84 Å². The van der Waals surface area contributed by atoms with Crippen LogP contribution >= 0.6 is 23.2 Å². The summed E-state index contributed by atoms with van der Waals surface area (Å²) in [5.74, 6) is -3.52. The maximum absolute atomic E-state index is 13.4. The Bertz CT molecular complexity index is 2620. The lowest BCUT2D eigenvalue weighted by Gasteiger charge is -2.27. The monoisotopic (exact) mass is 890 g/mol. The van der Waals surface area contributed by atoms with Gasteiger partial charge in [0.05, 0.1) is 59.3 Å². The topological polar surface area (TPSA) is 222 Å². The molecule has 1 unspecified atom stereocenters. The van der Waals surface area contributed by atoms with Crippen molar-refractivity contribution >= 4 is 91.5 Å². The first-order chi connectivity index (χ1) is 29.2. The van der Waals surface area contributed by atoms with E-state index in [1.54, 1.807) is 50.3 Å². The van der Waals surface area contributed by atoms with E-state index in [1.165, 1.54) is 24.3 Å². The lowest BCUT2D eigenvalue weighted by atomic mass is 10.0. The van der Waals surface area contributed by atoms with Gasteiger partial charge in [0.25, 0.3) is 23.6 Å². The molecule has 19 heteroatoms. The number of piperidine rings is 1. The number of benzene rings is 3. The highest BCUT2D eigenvalue weighted by atomic mass is 35.5. The van der Waals surface area contributed by atoms with E-state index in [1.807, 2.05) is 0 Å². The fourth-order valence-electron chi connectivity index (χ4n) is 7.42. The minimum atomic E-state index is -3.91. The third-order valence-corrected chi connectivity index (χ3v) is 12.8. The highest BCUT2D eigenvalue weighted by Crippen LogP contribution is 2.37. The van der Waals surface area contributed by atoms with Gasteiger partial charge >= 0.3 is 0 Å². The number of carbonyl (C=O) groups excluding carboxylic acids is 6. The fraction of sp³-hybridized carbons (Fsp3) is 0.286. The average molecular weight is 892 g/mol. The predicted octanol–water partition coefficient (Wildman–Crippen LogP) is 4.68. The van der Waals surface area contributed by atoms with E-state index in [9.17, 15) is 37.2 Å². The fourth-order valence-corrected chi connectivity index (χ4v) is 9.54. The summed E-state index contributed by atoms with van der Waals surface area (Å²) < 4.78 is 38.1. The zero-order valence-electron chi connectivity index (χ0n) is 32.9. The number of aryl methyl sites for hydroxylation is 1. The number of sulfone groups is 1. The van der Waals surface area contributed by atoms with Gasteiger partial charge in [-0.15, -0.1) is 0 Å². The lowest BCUT2D eigenvalue weighted by Crippen LogP contribution is -2.54. The number of hydrogen-bond acceptors (Lipinski definition) is 11. The lowest BCUT2D eigenvalue weighted by molar-refractivity contribution is -0.136. The molecular formula is C42H40Cl2N6O10S. The highest BCUT2D eigenvalue weighted by Gasteiger charge is 2.45. The van der Waals surface area contributed by atoms with Gasteiger partial charge in [-0.25, -0.2) is 8.42 Å². The molecule has 16 nitrogen and oxygen atoms in total. The normalized spacial score (nSPS) is 16.8. The molecule has 4 heterocycles. The molecule has 1 fully saturated rings. The first-order valence-corrected chi connectivity index (χ1v) is 21.6. The zero-order chi connectivity index (χ0) is 43.6. The van der Waals surface area contributed by atoms with Gasteiger partial charge in [-0.3, -0.25) is 39.0 Å². The second-order valence-electron chi connectivity index (χ2n) is 14.4. The molecule has 5 N–H and O–H groups in total. The molecule has 1 saturated heterocycles. The Morgan fingerprint density at radius 2 is 1.59 bits per heavy atom. The Labute approximate surface area is 360 Å². The first kappa shape index (κ1) is 43.2. The number of hydrogen-bond donors (Lipinski definition) is 5. The van der Waals surface area contributed by atoms with Crippen LogP contribution in [0, 0.1) is 13.8 Å². The minimum Gasteiger partial charge on any atom is -0.382 e. The number of ether oxygens (including phenoxy) is 2. The van der Waals surface area contributed by atoms with Crippen LogP contribution in [0.1, 0.15) is 72.0 Å². The van der Waals surface area contributed by atoms with E-state index >= 15 is 0 Å². The summed E-state index contributed by atoms with van der Waals surface area (Å²) in [4.78, 5) is 80.6. The average Bonchev–Trinajstić information content (AvgIpc) is 3.79. The molecule has 0 aliphatic carbocycles. The van der Waals surface area contributed by atoms with Crippen LogP contribution in [0.25, 0.3) is 11.6 Å². The summed E-state index contributed by atoms with van der Waals surface area (Å²) in [6.45, 7) is 4.93. The molecule has 0 radical (unpaired) electrons. The molecule has 3 aliphatic heterocycles. The van der Waals surface area contributed by atoms with Crippen molar-refractivity contribution in [2.45, 2.75) is 43.4 Å². The van der Waals surface area contributed by atoms with Crippen LogP contribution in [-0.4, -0.2) is 99.3 Å². The maximum atomic E-state index is 13.4. The number of aromatic amines is 1. The molecule has 61 heavy (non-hydrogen) atoms. The van der Waals surface area contributed by atoms with E-state index < -0.39 is 51.2 Å². The van der Waals surface area contributed by atoms with Crippen LogP contribution < -0.4 is 21.3 Å². The van der Waals surface area contributed by atoms with Crippen molar-refractivity contribution in [1.29, 1.82) is 0 Å². The number of nitrogens with one attached hydrogen (secondary N) is 5. The van der Waals surface area contributed by atoms with Crippen LogP contribution in [0.4, 0.5) is 11.4 Å². The predicted molar refractivity (Wildman–Crippen MR) is 226 cm³/mol.